The maximum Gasteiger partial charge on any atom is 0.338 e. The monoisotopic (exact) mass is 509 g/mol. The van der Waals surface area contributed by atoms with Gasteiger partial charge in [0.1, 0.15) is 0 Å². The van der Waals surface area contributed by atoms with Crippen molar-refractivity contribution in [2.75, 3.05) is 17.7 Å². The van der Waals surface area contributed by atoms with Crippen LogP contribution in [0, 0.1) is 12.8 Å². The second-order valence-electron chi connectivity index (χ2n) is 8.60. The predicted octanol–water partition coefficient (Wildman–Crippen LogP) is 4.16. The van der Waals surface area contributed by atoms with Crippen molar-refractivity contribution in [2.45, 2.75) is 38.9 Å². The number of benzene rings is 2. The molecule has 0 bridgehead atoms. The lowest BCUT2D eigenvalue weighted by Gasteiger charge is -2.21. The van der Waals surface area contributed by atoms with Crippen molar-refractivity contribution >= 4 is 35.2 Å². The van der Waals surface area contributed by atoms with E-state index in [-0.39, 0.29) is 36.1 Å². The van der Waals surface area contributed by atoms with Crippen molar-refractivity contribution in [2.24, 2.45) is 13.0 Å². The Balaban J connectivity index is 1.63. The van der Waals surface area contributed by atoms with E-state index in [1.807, 2.05) is 40.0 Å². The van der Waals surface area contributed by atoms with Crippen molar-refractivity contribution in [1.29, 1.82) is 0 Å². The van der Waals surface area contributed by atoms with E-state index in [1.165, 1.54) is 11.8 Å². The van der Waals surface area contributed by atoms with Crippen molar-refractivity contribution in [3.8, 4) is 0 Å². The van der Waals surface area contributed by atoms with E-state index in [4.69, 9.17) is 4.74 Å². The van der Waals surface area contributed by atoms with Crippen molar-refractivity contribution in [3.05, 3.63) is 71.0 Å². The average Bonchev–Trinajstić information content (AvgIpc) is 3.21. The molecule has 0 saturated carbocycles. The Labute approximate surface area is 215 Å². The van der Waals surface area contributed by atoms with Gasteiger partial charge in [-0.05, 0) is 50.1 Å². The summed E-state index contributed by atoms with van der Waals surface area (Å²) in [6.45, 7) is 7.98. The van der Waals surface area contributed by atoms with Gasteiger partial charge in [0, 0.05) is 18.3 Å². The fourth-order valence-electron chi connectivity index (χ4n) is 3.45. The molecule has 0 unspecified atom stereocenters. The van der Waals surface area contributed by atoms with Crippen LogP contribution in [0.1, 0.15) is 58.9 Å². The van der Waals surface area contributed by atoms with Gasteiger partial charge in [-0.1, -0.05) is 49.4 Å². The van der Waals surface area contributed by atoms with E-state index in [0.717, 1.165) is 5.56 Å². The lowest BCUT2D eigenvalue weighted by molar-refractivity contribution is -0.113. The first-order chi connectivity index (χ1) is 17.2. The van der Waals surface area contributed by atoms with Gasteiger partial charge in [0.15, 0.2) is 11.0 Å². The fraction of sp³-hybridized carbons (Fsp3) is 0.346. The molecule has 1 heterocycles. The molecule has 3 aromatic rings. The smallest absolute Gasteiger partial charge is 0.338 e. The molecular weight excluding hydrogens is 478 g/mol. The molecule has 1 aromatic heterocycles. The van der Waals surface area contributed by atoms with E-state index < -0.39 is 5.97 Å². The minimum absolute atomic E-state index is 0.0649. The summed E-state index contributed by atoms with van der Waals surface area (Å²) in [4.78, 5) is 37.2. The largest absolute Gasteiger partial charge is 0.462 e. The quantitative estimate of drug-likeness (QED) is 0.311. The fourth-order valence-corrected chi connectivity index (χ4v) is 4.17. The third kappa shape index (κ3) is 6.94. The molecule has 10 heteroatoms. The van der Waals surface area contributed by atoms with Crippen LogP contribution in [-0.4, -0.2) is 44.9 Å². The van der Waals surface area contributed by atoms with Gasteiger partial charge in [-0.2, -0.15) is 0 Å². The molecule has 9 nitrogen and oxygen atoms in total. The number of hydrogen-bond acceptors (Lipinski definition) is 7. The highest BCUT2D eigenvalue weighted by Gasteiger charge is 2.25. The second kappa shape index (κ2) is 12.3. The molecule has 0 aliphatic heterocycles. The van der Waals surface area contributed by atoms with Crippen molar-refractivity contribution in [3.63, 3.8) is 0 Å². The Bertz CT molecular complexity index is 1220. The molecule has 1 atom stereocenters. The lowest BCUT2D eigenvalue weighted by Crippen LogP contribution is -2.33. The number of hydrogen-bond donors (Lipinski definition) is 2. The van der Waals surface area contributed by atoms with Crippen LogP contribution in [0.15, 0.2) is 53.7 Å². The molecule has 0 aliphatic carbocycles. The number of amides is 2. The Morgan fingerprint density at radius 1 is 1.06 bits per heavy atom. The van der Waals surface area contributed by atoms with E-state index in [0.29, 0.717) is 27.8 Å². The third-order valence-electron chi connectivity index (χ3n) is 5.40. The van der Waals surface area contributed by atoms with Gasteiger partial charge in [0.2, 0.25) is 5.91 Å². The zero-order valence-corrected chi connectivity index (χ0v) is 21.9. The number of carbonyl (C=O) groups excluding carboxylic acids is 3. The maximum atomic E-state index is 12.8. The maximum absolute atomic E-state index is 12.8. The molecule has 36 heavy (non-hydrogen) atoms. The average molecular weight is 510 g/mol. The van der Waals surface area contributed by atoms with Crippen LogP contribution >= 0.6 is 11.8 Å². The molecule has 2 N–H and O–H groups in total. The Morgan fingerprint density at radius 2 is 1.78 bits per heavy atom. The minimum atomic E-state index is -0.441. The van der Waals surface area contributed by atoms with Gasteiger partial charge < -0.3 is 19.9 Å². The number of nitrogens with zero attached hydrogens (tertiary/aromatic N) is 3. The SMILES string of the molecule is CCOC(=O)c1cccc(NC(=O)CSc2nnc([C@H](NC(=O)c3ccc(C)cc3)C(C)C)n2C)c1. The Hall–Kier alpha value is -3.66. The molecule has 0 spiro atoms. The van der Waals surface area contributed by atoms with Gasteiger partial charge in [-0.3, -0.25) is 9.59 Å². The molecule has 0 radical (unpaired) electrons. The Morgan fingerprint density at radius 3 is 2.44 bits per heavy atom. The lowest BCUT2D eigenvalue weighted by atomic mass is 10.0. The number of esters is 1. The van der Waals surface area contributed by atoms with Gasteiger partial charge in [-0.15, -0.1) is 10.2 Å². The van der Waals surface area contributed by atoms with E-state index in [9.17, 15) is 14.4 Å². The number of aromatic nitrogens is 3. The summed E-state index contributed by atoms with van der Waals surface area (Å²) in [7, 11) is 1.81. The summed E-state index contributed by atoms with van der Waals surface area (Å²) in [5.74, 6) is -0.110. The van der Waals surface area contributed by atoms with E-state index in [1.54, 1.807) is 47.9 Å². The summed E-state index contributed by atoms with van der Waals surface area (Å²) in [5, 5.41) is 14.9. The molecule has 2 aromatic carbocycles. The van der Waals surface area contributed by atoms with Crippen LogP contribution in [0.5, 0.6) is 0 Å². The Kier molecular flexibility index (Phi) is 9.24. The molecule has 0 saturated heterocycles. The molecule has 0 fully saturated rings. The number of anilines is 1. The van der Waals surface area contributed by atoms with Crippen LogP contribution in [0.4, 0.5) is 5.69 Å². The zero-order valence-electron chi connectivity index (χ0n) is 21.1. The summed E-state index contributed by atoms with van der Waals surface area (Å²) in [6.07, 6.45) is 0. The number of nitrogens with one attached hydrogen (secondary N) is 2. The predicted molar refractivity (Wildman–Crippen MR) is 139 cm³/mol. The molecular formula is C26H31N5O4S. The normalized spacial score (nSPS) is 11.7. The van der Waals surface area contributed by atoms with Gasteiger partial charge >= 0.3 is 5.97 Å². The van der Waals surface area contributed by atoms with Crippen molar-refractivity contribution in [1.82, 2.24) is 20.1 Å². The highest BCUT2D eigenvalue weighted by molar-refractivity contribution is 7.99. The third-order valence-corrected chi connectivity index (χ3v) is 6.42. The van der Waals surface area contributed by atoms with E-state index >= 15 is 0 Å². The van der Waals surface area contributed by atoms with Crippen LogP contribution in [0.3, 0.4) is 0 Å². The minimum Gasteiger partial charge on any atom is -0.462 e. The van der Waals surface area contributed by atoms with Crippen LogP contribution < -0.4 is 10.6 Å². The number of rotatable bonds is 10. The summed E-state index contributed by atoms with van der Waals surface area (Å²) < 4.78 is 6.79. The number of carbonyl (C=O) groups is 3. The number of aryl methyl sites for hydroxylation is 1. The van der Waals surface area contributed by atoms with Gasteiger partial charge in [0.25, 0.3) is 5.91 Å². The molecule has 2 amide bonds. The van der Waals surface area contributed by atoms with Gasteiger partial charge in [0.05, 0.1) is 24.0 Å². The first-order valence-electron chi connectivity index (χ1n) is 11.7. The standard InChI is InChI=1S/C26H31N5O4S/c1-6-35-25(34)19-8-7-9-20(14-19)27-21(32)15-36-26-30-29-23(31(26)5)22(16(2)3)28-24(33)18-12-10-17(4)11-13-18/h7-14,16,22H,6,15H2,1-5H3,(H,27,32)(H,28,33)/t22-/m1/s1. The number of ether oxygens (including phenoxy) is 1. The summed E-state index contributed by atoms with van der Waals surface area (Å²) >= 11 is 1.23. The summed E-state index contributed by atoms with van der Waals surface area (Å²) in [6, 6.07) is 13.6. The topological polar surface area (TPSA) is 115 Å². The molecule has 190 valence electrons. The van der Waals surface area contributed by atoms with Crippen molar-refractivity contribution < 1.29 is 19.1 Å². The first kappa shape index (κ1) is 26.9. The second-order valence-corrected chi connectivity index (χ2v) is 9.54. The summed E-state index contributed by atoms with van der Waals surface area (Å²) in [5.41, 5.74) is 2.53. The number of thioether (sulfide) groups is 1. The molecule has 0 aliphatic rings. The highest BCUT2D eigenvalue weighted by Crippen LogP contribution is 2.25. The van der Waals surface area contributed by atoms with Crippen LogP contribution in [0.2, 0.25) is 0 Å². The zero-order chi connectivity index (χ0) is 26.2. The van der Waals surface area contributed by atoms with E-state index in [2.05, 4.69) is 20.8 Å². The van der Waals surface area contributed by atoms with Gasteiger partial charge in [-0.25, -0.2) is 4.79 Å². The van der Waals surface area contributed by atoms with Crippen LogP contribution in [0.25, 0.3) is 0 Å². The molecule has 3 rings (SSSR count). The van der Waals surface area contributed by atoms with Crippen LogP contribution in [-0.2, 0) is 16.6 Å². The highest BCUT2D eigenvalue weighted by atomic mass is 32.2. The first-order valence-corrected chi connectivity index (χ1v) is 12.6.